The number of nitrogens with one attached hydrogen (secondary N) is 2. The molecule has 0 unspecified atom stereocenters. The molecule has 0 saturated heterocycles. The van der Waals surface area contributed by atoms with Crippen LogP contribution in [0.15, 0.2) is 54.6 Å². The number of ether oxygens (including phenoxy) is 1. The molecular formula is C17H19N3O3. The van der Waals surface area contributed by atoms with Crippen molar-refractivity contribution in [2.24, 2.45) is 5.73 Å². The van der Waals surface area contributed by atoms with Crippen LogP contribution in [0.5, 0.6) is 5.75 Å². The summed E-state index contributed by atoms with van der Waals surface area (Å²) in [6.07, 6.45) is 0. The van der Waals surface area contributed by atoms with Crippen LogP contribution in [0.4, 0.5) is 4.79 Å². The van der Waals surface area contributed by atoms with Crippen LogP contribution in [0.1, 0.15) is 17.2 Å². The van der Waals surface area contributed by atoms with Gasteiger partial charge in [-0.05, 0) is 23.3 Å². The molecule has 1 atom stereocenters. The molecule has 0 aliphatic heterocycles. The zero-order valence-corrected chi connectivity index (χ0v) is 12.8. The second kappa shape index (κ2) is 7.95. The number of rotatable bonds is 6. The van der Waals surface area contributed by atoms with E-state index in [2.05, 4.69) is 10.6 Å². The summed E-state index contributed by atoms with van der Waals surface area (Å²) in [5.74, 6) is 0.275. The minimum absolute atomic E-state index is 0.454. The van der Waals surface area contributed by atoms with Gasteiger partial charge in [0.1, 0.15) is 11.8 Å². The highest BCUT2D eigenvalue weighted by Crippen LogP contribution is 2.15. The lowest BCUT2D eigenvalue weighted by Gasteiger charge is -2.18. The predicted octanol–water partition coefficient (Wildman–Crippen LogP) is 1.72. The van der Waals surface area contributed by atoms with Gasteiger partial charge in [0.15, 0.2) is 0 Å². The molecule has 3 amide bonds. The zero-order valence-electron chi connectivity index (χ0n) is 12.8. The van der Waals surface area contributed by atoms with Crippen molar-refractivity contribution in [2.45, 2.75) is 12.6 Å². The lowest BCUT2D eigenvalue weighted by molar-refractivity contribution is -0.122. The molecule has 2 rings (SSSR count). The SMILES string of the molecule is COc1ccc(CN[C@H](C(=O)NC(N)=O)c2ccccc2)cc1. The summed E-state index contributed by atoms with van der Waals surface area (Å²) in [7, 11) is 1.60. The number of carbonyl (C=O) groups is 2. The Hall–Kier alpha value is -2.86. The van der Waals surface area contributed by atoms with Crippen molar-refractivity contribution in [2.75, 3.05) is 7.11 Å². The topological polar surface area (TPSA) is 93.4 Å². The van der Waals surface area contributed by atoms with E-state index in [0.29, 0.717) is 6.54 Å². The van der Waals surface area contributed by atoms with Gasteiger partial charge in [-0.1, -0.05) is 42.5 Å². The molecule has 0 saturated carbocycles. The smallest absolute Gasteiger partial charge is 0.318 e. The van der Waals surface area contributed by atoms with Crippen LogP contribution < -0.4 is 21.1 Å². The molecule has 0 aliphatic rings. The first-order chi connectivity index (χ1) is 11.1. The van der Waals surface area contributed by atoms with Crippen LogP contribution in [0.25, 0.3) is 0 Å². The van der Waals surface area contributed by atoms with E-state index in [9.17, 15) is 9.59 Å². The van der Waals surface area contributed by atoms with E-state index in [1.165, 1.54) is 0 Å². The normalized spacial score (nSPS) is 11.5. The minimum Gasteiger partial charge on any atom is -0.497 e. The molecule has 6 heteroatoms. The number of hydrogen-bond acceptors (Lipinski definition) is 4. The standard InChI is InChI=1S/C17H19N3O3/c1-23-14-9-7-12(8-10-14)11-19-15(16(21)20-17(18)22)13-5-3-2-4-6-13/h2-10,15,19H,11H2,1H3,(H3,18,20,21,22)/t15-/m0/s1. The Morgan fingerprint density at radius 3 is 2.30 bits per heavy atom. The molecule has 0 spiro atoms. The number of primary amides is 1. The largest absolute Gasteiger partial charge is 0.497 e. The number of urea groups is 1. The van der Waals surface area contributed by atoms with Crippen molar-refractivity contribution in [3.8, 4) is 5.75 Å². The maximum absolute atomic E-state index is 12.2. The van der Waals surface area contributed by atoms with Crippen LogP contribution >= 0.6 is 0 Å². The third-order valence-corrected chi connectivity index (χ3v) is 3.31. The lowest BCUT2D eigenvalue weighted by atomic mass is 10.1. The van der Waals surface area contributed by atoms with E-state index in [0.717, 1.165) is 16.9 Å². The number of imide groups is 1. The molecule has 23 heavy (non-hydrogen) atoms. The molecule has 2 aromatic rings. The summed E-state index contributed by atoms with van der Waals surface area (Å²) in [6, 6.07) is 15.1. The van der Waals surface area contributed by atoms with E-state index in [4.69, 9.17) is 10.5 Å². The highest BCUT2D eigenvalue weighted by molar-refractivity contribution is 5.96. The number of amides is 3. The van der Waals surface area contributed by atoms with Crippen LogP contribution in [-0.4, -0.2) is 19.0 Å². The molecular weight excluding hydrogens is 294 g/mol. The van der Waals surface area contributed by atoms with Gasteiger partial charge in [-0.25, -0.2) is 4.79 Å². The van der Waals surface area contributed by atoms with Gasteiger partial charge in [-0.2, -0.15) is 0 Å². The van der Waals surface area contributed by atoms with Gasteiger partial charge in [0.05, 0.1) is 7.11 Å². The quantitative estimate of drug-likeness (QED) is 0.757. The first-order valence-electron chi connectivity index (χ1n) is 7.11. The molecule has 0 fully saturated rings. The van der Waals surface area contributed by atoms with Crippen molar-refractivity contribution < 1.29 is 14.3 Å². The Bertz CT molecular complexity index is 657. The van der Waals surface area contributed by atoms with E-state index in [1.54, 1.807) is 7.11 Å². The van der Waals surface area contributed by atoms with Gasteiger partial charge in [-0.3, -0.25) is 15.4 Å². The Morgan fingerprint density at radius 1 is 1.09 bits per heavy atom. The zero-order chi connectivity index (χ0) is 16.7. The fourth-order valence-corrected chi connectivity index (χ4v) is 2.16. The molecule has 0 aliphatic carbocycles. The number of carbonyl (C=O) groups excluding carboxylic acids is 2. The first kappa shape index (κ1) is 16.5. The van der Waals surface area contributed by atoms with Crippen LogP contribution in [-0.2, 0) is 11.3 Å². The predicted molar refractivity (Wildman–Crippen MR) is 86.7 cm³/mol. The molecule has 2 aromatic carbocycles. The van der Waals surface area contributed by atoms with Crippen molar-refractivity contribution in [3.63, 3.8) is 0 Å². The Morgan fingerprint density at radius 2 is 1.74 bits per heavy atom. The highest BCUT2D eigenvalue weighted by Gasteiger charge is 2.21. The van der Waals surface area contributed by atoms with Gasteiger partial charge in [0.25, 0.3) is 0 Å². The second-order valence-corrected chi connectivity index (χ2v) is 4.93. The third kappa shape index (κ3) is 4.82. The Labute approximate surface area is 134 Å². The van der Waals surface area contributed by atoms with Crippen LogP contribution in [0.3, 0.4) is 0 Å². The van der Waals surface area contributed by atoms with Gasteiger partial charge in [0.2, 0.25) is 5.91 Å². The summed E-state index contributed by atoms with van der Waals surface area (Å²) >= 11 is 0. The van der Waals surface area contributed by atoms with Gasteiger partial charge in [0, 0.05) is 6.54 Å². The van der Waals surface area contributed by atoms with E-state index >= 15 is 0 Å². The molecule has 4 N–H and O–H groups in total. The summed E-state index contributed by atoms with van der Waals surface area (Å²) in [5, 5.41) is 5.25. The van der Waals surface area contributed by atoms with Gasteiger partial charge in [-0.15, -0.1) is 0 Å². The average Bonchev–Trinajstić information content (AvgIpc) is 2.56. The number of benzene rings is 2. The maximum atomic E-state index is 12.2. The highest BCUT2D eigenvalue weighted by atomic mass is 16.5. The van der Waals surface area contributed by atoms with E-state index < -0.39 is 18.0 Å². The first-order valence-corrected chi connectivity index (χ1v) is 7.11. The van der Waals surface area contributed by atoms with Crippen molar-refractivity contribution in [1.29, 1.82) is 0 Å². The Balaban J connectivity index is 2.10. The van der Waals surface area contributed by atoms with Crippen molar-refractivity contribution in [3.05, 3.63) is 65.7 Å². The van der Waals surface area contributed by atoms with Crippen LogP contribution in [0, 0.1) is 0 Å². The summed E-state index contributed by atoms with van der Waals surface area (Å²) in [5.41, 5.74) is 6.77. The third-order valence-electron chi connectivity index (χ3n) is 3.31. The molecule has 120 valence electrons. The minimum atomic E-state index is -0.873. The number of hydrogen-bond donors (Lipinski definition) is 3. The molecule has 0 bridgehead atoms. The lowest BCUT2D eigenvalue weighted by Crippen LogP contribution is -2.42. The molecule has 0 heterocycles. The maximum Gasteiger partial charge on any atom is 0.318 e. The summed E-state index contributed by atoms with van der Waals surface area (Å²) < 4.78 is 5.11. The number of nitrogens with two attached hydrogens (primary N) is 1. The van der Waals surface area contributed by atoms with Crippen LogP contribution in [0.2, 0.25) is 0 Å². The summed E-state index contributed by atoms with van der Waals surface area (Å²) in [4.78, 5) is 23.1. The van der Waals surface area contributed by atoms with Gasteiger partial charge < -0.3 is 10.5 Å². The van der Waals surface area contributed by atoms with Crippen molar-refractivity contribution >= 4 is 11.9 Å². The monoisotopic (exact) mass is 313 g/mol. The van der Waals surface area contributed by atoms with E-state index in [-0.39, 0.29) is 0 Å². The average molecular weight is 313 g/mol. The Kier molecular flexibility index (Phi) is 5.71. The van der Waals surface area contributed by atoms with Crippen molar-refractivity contribution in [1.82, 2.24) is 10.6 Å². The summed E-state index contributed by atoms with van der Waals surface area (Å²) in [6.45, 7) is 0.454. The fourth-order valence-electron chi connectivity index (χ4n) is 2.16. The molecule has 6 nitrogen and oxygen atoms in total. The number of methoxy groups -OCH3 is 1. The second-order valence-electron chi connectivity index (χ2n) is 4.93. The fraction of sp³-hybridized carbons (Fsp3) is 0.176. The molecule has 0 radical (unpaired) electrons. The van der Waals surface area contributed by atoms with E-state index in [1.807, 2.05) is 54.6 Å². The molecule has 0 aromatic heterocycles. The van der Waals surface area contributed by atoms with Gasteiger partial charge >= 0.3 is 6.03 Å².